The minimum atomic E-state index is -4.55. The summed E-state index contributed by atoms with van der Waals surface area (Å²) in [4.78, 5) is 12.1. The second-order valence-electron chi connectivity index (χ2n) is 4.32. The Bertz CT molecular complexity index is 436. The molecule has 0 N–H and O–H groups in total. The summed E-state index contributed by atoms with van der Waals surface area (Å²) in [6.07, 6.45) is -4.55. The van der Waals surface area contributed by atoms with Gasteiger partial charge in [0.15, 0.2) is 5.78 Å². The number of ether oxygens (including phenoxy) is 1. The van der Waals surface area contributed by atoms with Crippen molar-refractivity contribution in [2.75, 3.05) is 6.61 Å². The van der Waals surface area contributed by atoms with E-state index in [2.05, 4.69) is 0 Å². The second-order valence-corrected chi connectivity index (χ2v) is 4.32. The number of rotatable bonds is 4. The van der Waals surface area contributed by atoms with Gasteiger partial charge in [0.05, 0.1) is 5.56 Å². The molecule has 1 aromatic carbocycles. The van der Waals surface area contributed by atoms with E-state index in [-0.39, 0.29) is 12.2 Å². The number of ketones is 1. The van der Waals surface area contributed by atoms with Crippen molar-refractivity contribution in [3.05, 3.63) is 35.4 Å². The SMILES string of the molecule is CCOC(C)(C)C(=O)c1ccccc1C(F)(F)F. The zero-order chi connectivity index (χ0) is 14.0. The van der Waals surface area contributed by atoms with E-state index < -0.39 is 23.1 Å². The molecule has 0 aliphatic rings. The Morgan fingerprint density at radius 3 is 2.28 bits per heavy atom. The molecule has 1 rings (SSSR count). The fraction of sp³-hybridized carbons (Fsp3) is 0.462. The summed E-state index contributed by atoms with van der Waals surface area (Å²) in [6, 6.07) is 4.74. The lowest BCUT2D eigenvalue weighted by molar-refractivity contribution is -0.138. The Kier molecular flexibility index (Phi) is 4.16. The van der Waals surface area contributed by atoms with Crippen LogP contribution in [0.4, 0.5) is 13.2 Å². The Balaban J connectivity index is 3.22. The van der Waals surface area contributed by atoms with Gasteiger partial charge in [-0.3, -0.25) is 4.79 Å². The number of carbonyl (C=O) groups excluding carboxylic acids is 1. The quantitative estimate of drug-likeness (QED) is 0.771. The summed E-state index contributed by atoms with van der Waals surface area (Å²) >= 11 is 0. The van der Waals surface area contributed by atoms with Crippen molar-refractivity contribution in [1.29, 1.82) is 0 Å². The van der Waals surface area contributed by atoms with Crippen molar-refractivity contribution in [2.45, 2.75) is 32.5 Å². The first-order valence-corrected chi connectivity index (χ1v) is 5.55. The molecule has 0 heterocycles. The van der Waals surface area contributed by atoms with Gasteiger partial charge in [0.25, 0.3) is 0 Å². The van der Waals surface area contributed by atoms with Crippen LogP contribution < -0.4 is 0 Å². The third kappa shape index (κ3) is 3.10. The molecule has 100 valence electrons. The van der Waals surface area contributed by atoms with Gasteiger partial charge in [0, 0.05) is 12.2 Å². The number of Topliss-reactive ketones (excluding diaryl/α,β-unsaturated/α-hetero) is 1. The predicted octanol–water partition coefficient (Wildman–Crippen LogP) is 3.70. The van der Waals surface area contributed by atoms with E-state index in [0.717, 1.165) is 6.07 Å². The third-order valence-corrected chi connectivity index (χ3v) is 2.53. The Hall–Kier alpha value is -1.36. The molecule has 0 aliphatic carbocycles. The highest BCUT2D eigenvalue weighted by atomic mass is 19.4. The summed E-state index contributed by atoms with van der Waals surface area (Å²) in [7, 11) is 0. The highest BCUT2D eigenvalue weighted by Gasteiger charge is 2.38. The lowest BCUT2D eigenvalue weighted by Gasteiger charge is -2.24. The molecule has 0 spiro atoms. The van der Waals surface area contributed by atoms with E-state index in [1.807, 2.05) is 0 Å². The first kappa shape index (κ1) is 14.7. The Labute approximate surface area is 104 Å². The van der Waals surface area contributed by atoms with Crippen LogP contribution in [0.15, 0.2) is 24.3 Å². The average Bonchev–Trinajstić information content (AvgIpc) is 2.27. The highest BCUT2D eigenvalue weighted by Crippen LogP contribution is 2.33. The summed E-state index contributed by atoms with van der Waals surface area (Å²) in [5, 5.41) is 0. The molecule has 0 aromatic heterocycles. The van der Waals surface area contributed by atoms with E-state index in [4.69, 9.17) is 4.74 Å². The normalized spacial score (nSPS) is 12.6. The van der Waals surface area contributed by atoms with Crippen LogP contribution in [0.1, 0.15) is 36.7 Å². The molecule has 0 saturated heterocycles. The zero-order valence-corrected chi connectivity index (χ0v) is 10.5. The zero-order valence-electron chi connectivity index (χ0n) is 10.5. The molecule has 0 radical (unpaired) electrons. The standard InChI is InChI=1S/C13H15F3O2/c1-4-18-12(2,3)11(17)9-7-5-6-8-10(9)13(14,15)16/h5-8H,4H2,1-3H3. The van der Waals surface area contributed by atoms with Crippen LogP contribution in [0.3, 0.4) is 0 Å². The van der Waals surface area contributed by atoms with Crippen LogP contribution in [0.2, 0.25) is 0 Å². The molecule has 0 unspecified atom stereocenters. The van der Waals surface area contributed by atoms with Crippen molar-refractivity contribution >= 4 is 5.78 Å². The fourth-order valence-corrected chi connectivity index (χ4v) is 1.68. The number of halogens is 3. The van der Waals surface area contributed by atoms with Crippen molar-refractivity contribution in [3.63, 3.8) is 0 Å². The molecule has 1 aromatic rings. The van der Waals surface area contributed by atoms with Crippen LogP contribution in [0, 0.1) is 0 Å². The monoisotopic (exact) mass is 260 g/mol. The van der Waals surface area contributed by atoms with Gasteiger partial charge < -0.3 is 4.74 Å². The van der Waals surface area contributed by atoms with Gasteiger partial charge in [-0.2, -0.15) is 13.2 Å². The van der Waals surface area contributed by atoms with Gasteiger partial charge in [-0.05, 0) is 26.8 Å². The first-order chi connectivity index (χ1) is 8.20. The molecule has 5 heteroatoms. The van der Waals surface area contributed by atoms with E-state index in [1.54, 1.807) is 6.92 Å². The molecular weight excluding hydrogens is 245 g/mol. The second kappa shape index (κ2) is 5.10. The number of alkyl halides is 3. The van der Waals surface area contributed by atoms with Crippen LogP contribution in [0.5, 0.6) is 0 Å². The van der Waals surface area contributed by atoms with Crippen LogP contribution in [-0.4, -0.2) is 18.0 Å². The van der Waals surface area contributed by atoms with E-state index in [9.17, 15) is 18.0 Å². The summed E-state index contributed by atoms with van der Waals surface area (Å²) in [5.74, 6) is -0.669. The van der Waals surface area contributed by atoms with Crippen molar-refractivity contribution in [1.82, 2.24) is 0 Å². The molecule has 0 aliphatic heterocycles. The van der Waals surface area contributed by atoms with Gasteiger partial charge in [-0.1, -0.05) is 18.2 Å². The number of carbonyl (C=O) groups is 1. The van der Waals surface area contributed by atoms with E-state index in [0.29, 0.717) is 0 Å². The minimum Gasteiger partial charge on any atom is -0.368 e. The highest BCUT2D eigenvalue weighted by molar-refractivity contribution is 6.03. The van der Waals surface area contributed by atoms with E-state index >= 15 is 0 Å². The number of hydrogen-bond donors (Lipinski definition) is 0. The van der Waals surface area contributed by atoms with Gasteiger partial charge in [-0.25, -0.2) is 0 Å². The Morgan fingerprint density at radius 1 is 1.22 bits per heavy atom. The Morgan fingerprint density at radius 2 is 1.78 bits per heavy atom. The van der Waals surface area contributed by atoms with Crippen molar-refractivity contribution < 1.29 is 22.7 Å². The lowest BCUT2D eigenvalue weighted by Crippen LogP contribution is -2.36. The van der Waals surface area contributed by atoms with Gasteiger partial charge >= 0.3 is 6.18 Å². The van der Waals surface area contributed by atoms with E-state index in [1.165, 1.54) is 32.0 Å². The average molecular weight is 260 g/mol. The molecule has 2 nitrogen and oxygen atoms in total. The maximum absolute atomic E-state index is 12.8. The van der Waals surface area contributed by atoms with Crippen LogP contribution >= 0.6 is 0 Å². The summed E-state index contributed by atoms with van der Waals surface area (Å²) in [5.41, 5.74) is -2.55. The fourth-order valence-electron chi connectivity index (χ4n) is 1.68. The molecule has 18 heavy (non-hydrogen) atoms. The predicted molar refractivity (Wildman–Crippen MR) is 61.5 cm³/mol. The topological polar surface area (TPSA) is 26.3 Å². The summed E-state index contributed by atoms with van der Waals surface area (Å²) < 4.78 is 43.6. The van der Waals surface area contributed by atoms with Gasteiger partial charge in [0.2, 0.25) is 0 Å². The molecule has 0 fully saturated rings. The molecular formula is C13H15F3O2. The minimum absolute atomic E-state index is 0.257. The molecule has 0 atom stereocenters. The molecule has 0 saturated carbocycles. The summed E-state index contributed by atoms with van der Waals surface area (Å²) in [6.45, 7) is 4.87. The largest absolute Gasteiger partial charge is 0.417 e. The molecule has 0 amide bonds. The van der Waals surface area contributed by atoms with Gasteiger partial charge in [-0.15, -0.1) is 0 Å². The smallest absolute Gasteiger partial charge is 0.368 e. The maximum Gasteiger partial charge on any atom is 0.417 e. The number of benzene rings is 1. The lowest BCUT2D eigenvalue weighted by atomic mass is 9.92. The number of hydrogen-bond acceptors (Lipinski definition) is 2. The van der Waals surface area contributed by atoms with Crippen LogP contribution in [-0.2, 0) is 10.9 Å². The van der Waals surface area contributed by atoms with Crippen molar-refractivity contribution in [3.8, 4) is 0 Å². The first-order valence-electron chi connectivity index (χ1n) is 5.55. The third-order valence-electron chi connectivity index (χ3n) is 2.53. The van der Waals surface area contributed by atoms with Crippen LogP contribution in [0.25, 0.3) is 0 Å². The maximum atomic E-state index is 12.8. The van der Waals surface area contributed by atoms with Gasteiger partial charge in [0.1, 0.15) is 5.60 Å². The molecule has 0 bridgehead atoms. The van der Waals surface area contributed by atoms with Crippen molar-refractivity contribution in [2.24, 2.45) is 0 Å².